The molecule has 0 bridgehead atoms. The predicted molar refractivity (Wildman–Crippen MR) is 67.2 cm³/mol. The van der Waals surface area contributed by atoms with Gasteiger partial charge in [0.25, 0.3) is 0 Å². The fraction of sp³-hybridized carbons (Fsp3) is 0.429. The maximum absolute atomic E-state index is 5.52. The highest BCUT2D eigenvalue weighted by Crippen LogP contribution is 2.42. The van der Waals surface area contributed by atoms with E-state index in [0.29, 0.717) is 11.7 Å². The number of rotatable bonds is 4. The molecule has 94 valence electrons. The molecule has 0 N–H and O–H groups in total. The van der Waals surface area contributed by atoms with Crippen LogP contribution < -0.4 is 0 Å². The van der Waals surface area contributed by atoms with Gasteiger partial charge in [-0.1, -0.05) is 35.0 Å². The molecule has 4 nitrogen and oxygen atoms in total. The number of ether oxygens (including phenoxy) is 1. The largest absolute Gasteiger partial charge is 0.378 e. The van der Waals surface area contributed by atoms with E-state index in [1.165, 1.54) is 5.56 Å². The Morgan fingerprint density at radius 3 is 2.83 bits per heavy atom. The Morgan fingerprint density at radius 2 is 2.11 bits per heavy atom. The SMILES string of the molecule is CCOC1CC1c1nc(-c2ccc(C)cc2)no1. The first kappa shape index (κ1) is 11.4. The summed E-state index contributed by atoms with van der Waals surface area (Å²) < 4.78 is 10.8. The minimum Gasteiger partial charge on any atom is -0.378 e. The zero-order chi connectivity index (χ0) is 12.5. The van der Waals surface area contributed by atoms with Crippen molar-refractivity contribution in [1.82, 2.24) is 10.1 Å². The summed E-state index contributed by atoms with van der Waals surface area (Å²) in [6.45, 7) is 4.80. The van der Waals surface area contributed by atoms with E-state index >= 15 is 0 Å². The van der Waals surface area contributed by atoms with Crippen LogP contribution in [0.1, 0.15) is 30.7 Å². The van der Waals surface area contributed by atoms with Gasteiger partial charge in [-0.3, -0.25) is 0 Å². The van der Waals surface area contributed by atoms with Gasteiger partial charge >= 0.3 is 0 Å². The summed E-state index contributed by atoms with van der Waals surface area (Å²) in [6, 6.07) is 8.12. The molecule has 1 aliphatic carbocycles. The fourth-order valence-corrected chi connectivity index (χ4v) is 2.04. The van der Waals surface area contributed by atoms with Crippen LogP contribution in [0.4, 0.5) is 0 Å². The number of hydrogen-bond acceptors (Lipinski definition) is 4. The van der Waals surface area contributed by atoms with Crippen LogP contribution in [-0.4, -0.2) is 22.9 Å². The van der Waals surface area contributed by atoms with Crippen molar-refractivity contribution in [3.63, 3.8) is 0 Å². The second kappa shape index (κ2) is 4.53. The lowest BCUT2D eigenvalue weighted by atomic mass is 10.1. The number of aromatic nitrogens is 2. The van der Waals surface area contributed by atoms with E-state index in [-0.39, 0.29) is 12.0 Å². The molecule has 4 heteroatoms. The molecule has 0 radical (unpaired) electrons. The number of aryl methyl sites for hydroxylation is 1. The number of benzene rings is 1. The van der Waals surface area contributed by atoms with Gasteiger partial charge in [0.15, 0.2) is 0 Å². The molecule has 0 aliphatic heterocycles. The van der Waals surface area contributed by atoms with E-state index in [1.54, 1.807) is 0 Å². The fourth-order valence-electron chi connectivity index (χ4n) is 2.04. The zero-order valence-electron chi connectivity index (χ0n) is 10.6. The number of hydrogen-bond donors (Lipinski definition) is 0. The normalized spacial score (nSPS) is 22.1. The van der Waals surface area contributed by atoms with Crippen LogP contribution in [0.5, 0.6) is 0 Å². The van der Waals surface area contributed by atoms with E-state index in [0.717, 1.165) is 18.6 Å². The molecular weight excluding hydrogens is 228 g/mol. The Hall–Kier alpha value is -1.68. The lowest BCUT2D eigenvalue weighted by molar-refractivity contribution is 0.125. The topological polar surface area (TPSA) is 48.2 Å². The zero-order valence-corrected chi connectivity index (χ0v) is 10.6. The van der Waals surface area contributed by atoms with Crippen molar-refractivity contribution in [2.45, 2.75) is 32.3 Å². The molecular formula is C14H16N2O2. The summed E-state index contributed by atoms with van der Waals surface area (Å²) in [4.78, 5) is 4.45. The highest BCUT2D eigenvalue weighted by Gasteiger charge is 2.43. The maximum Gasteiger partial charge on any atom is 0.232 e. The lowest BCUT2D eigenvalue weighted by Crippen LogP contribution is -1.95. The highest BCUT2D eigenvalue weighted by atomic mass is 16.5. The van der Waals surface area contributed by atoms with Crippen LogP contribution in [0.3, 0.4) is 0 Å². The van der Waals surface area contributed by atoms with Gasteiger partial charge in [-0.05, 0) is 20.3 Å². The van der Waals surface area contributed by atoms with Crippen LogP contribution >= 0.6 is 0 Å². The van der Waals surface area contributed by atoms with Crippen LogP contribution in [-0.2, 0) is 4.74 Å². The maximum atomic E-state index is 5.52. The molecule has 1 aromatic heterocycles. The molecule has 1 aromatic carbocycles. The van der Waals surface area contributed by atoms with Crippen molar-refractivity contribution in [2.75, 3.05) is 6.61 Å². The van der Waals surface area contributed by atoms with Gasteiger partial charge in [0.05, 0.1) is 12.0 Å². The molecule has 0 spiro atoms. The minimum atomic E-state index is 0.265. The van der Waals surface area contributed by atoms with Crippen molar-refractivity contribution < 1.29 is 9.26 Å². The number of nitrogens with zero attached hydrogens (tertiary/aromatic N) is 2. The summed E-state index contributed by atoms with van der Waals surface area (Å²) in [5.74, 6) is 1.65. The Morgan fingerprint density at radius 1 is 1.33 bits per heavy atom. The van der Waals surface area contributed by atoms with Crippen molar-refractivity contribution >= 4 is 0 Å². The molecule has 1 aliphatic rings. The van der Waals surface area contributed by atoms with Gasteiger partial charge in [0, 0.05) is 12.2 Å². The average molecular weight is 244 g/mol. The van der Waals surface area contributed by atoms with Crippen molar-refractivity contribution in [2.24, 2.45) is 0 Å². The smallest absolute Gasteiger partial charge is 0.232 e. The predicted octanol–water partition coefficient (Wildman–Crippen LogP) is 2.94. The van der Waals surface area contributed by atoms with Gasteiger partial charge < -0.3 is 9.26 Å². The lowest BCUT2D eigenvalue weighted by Gasteiger charge is -1.95. The molecule has 2 aromatic rings. The van der Waals surface area contributed by atoms with Crippen LogP contribution in [0.15, 0.2) is 28.8 Å². The van der Waals surface area contributed by atoms with Crippen molar-refractivity contribution in [3.05, 3.63) is 35.7 Å². The molecule has 2 unspecified atom stereocenters. The van der Waals surface area contributed by atoms with Crippen LogP contribution in [0.25, 0.3) is 11.4 Å². The third-order valence-corrected chi connectivity index (χ3v) is 3.18. The first-order chi connectivity index (χ1) is 8.78. The Kier molecular flexibility index (Phi) is 2.88. The summed E-state index contributed by atoms with van der Waals surface area (Å²) >= 11 is 0. The van der Waals surface area contributed by atoms with Gasteiger partial charge in [0.1, 0.15) is 0 Å². The van der Waals surface area contributed by atoms with Crippen molar-refractivity contribution in [1.29, 1.82) is 0 Å². The first-order valence-corrected chi connectivity index (χ1v) is 6.30. The van der Waals surface area contributed by atoms with E-state index in [4.69, 9.17) is 9.26 Å². The molecule has 0 saturated heterocycles. The molecule has 2 atom stereocenters. The van der Waals surface area contributed by atoms with Crippen LogP contribution in [0, 0.1) is 6.92 Å². The minimum absolute atomic E-state index is 0.265. The molecule has 1 fully saturated rings. The summed E-state index contributed by atoms with van der Waals surface area (Å²) in [7, 11) is 0. The summed E-state index contributed by atoms with van der Waals surface area (Å²) in [5, 5.41) is 4.03. The molecule has 18 heavy (non-hydrogen) atoms. The third-order valence-electron chi connectivity index (χ3n) is 3.18. The van der Waals surface area contributed by atoms with E-state index in [9.17, 15) is 0 Å². The van der Waals surface area contributed by atoms with Gasteiger partial charge in [0.2, 0.25) is 11.7 Å². The van der Waals surface area contributed by atoms with Gasteiger partial charge in [-0.25, -0.2) is 0 Å². The second-order valence-electron chi connectivity index (χ2n) is 4.66. The van der Waals surface area contributed by atoms with Crippen LogP contribution in [0.2, 0.25) is 0 Å². The molecule has 0 amide bonds. The Labute approximate surface area is 106 Å². The monoisotopic (exact) mass is 244 g/mol. The quantitative estimate of drug-likeness (QED) is 0.829. The second-order valence-corrected chi connectivity index (χ2v) is 4.66. The Balaban J connectivity index is 1.76. The average Bonchev–Trinajstić information content (AvgIpc) is 2.97. The summed E-state index contributed by atoms with van der Waals surface area (Å²) in [6.07, 6.45) is 1.25. The summed E-state index contributed by atoms with van der Waals surface area (Å²) in [5.41, 5.74) is 2.21. The van der Waals surface area contributed by atoms with E-state index in [1.807, 2.05) is 31.2 Å². The van der Waals surface area contributed by atoms with E-state index in [2.05, 4.69) is 17.1 Å². The van der Waals surface area contributed by atoms with Gasteiger partial charge in [-0.2, -0.15) is 4.98 Å². The van der Waals surface area contributed by atoms with Crippen molar-refractivity contribution in [3.8, 4) is 11.4 Å². The Bertz CT molecular complexity index is 533. The highest BCUT2D eigenvalue weighted by molar-refractivity contribution is 5.54. The van der Waals surface area contributed by atoms with E-state index < -0.39 is 0 Å². The molecule has 3 rings (SSSR count). The molecule has 1 saturated carbocycles. The van der Waals surface area contributed by atoms with Gasteiger partial charge in [-0.15, -0.1) is 0 Å². The first-order valence-electron chi connectivity index (χ1n) is 6.30. The standard InChI is InChI=1S/C14H16N2O2/c1-3-17-12-8-11(12)14-15-13(16-18-14)10-6-4-9(2)5-7-10/h4-7,11-12H,3,8H2,1-2H3. The molecule has 1 heterocycles. The third kappa shape index (κ3) is 2.16.